The van der Waals surface area contributed by atoms with Crippen molar-refractivity contribution in [2.45, 2.75) is 0 Å². The number of oxazole rings is 1. The minimum atomic E-state index is 0.606. The Labute approximate surface area is 254 Å². The molecule has 6 aromatic carbocycles. The highest BCUT2D eigenvalue weighted by atomic mass is 16.3. The predicted octanol–water partition coefficient (Wildman–Crippen LogP) is 10.2. The van der Waals surface area contributed by atoms with E-state index >= 15 is 0 Å². The molecule has 5 nitrogen and oxygen atoms in total. The van der Waals surface area contributed by atoms with Crippen molar-refractivity contribution in [3.05, 3.63) is 158 Å². The van der Waals surface area contributed by atoms with Crippen LogP contribution in [0.15, 0.2) is 162 Å². The number of benzene rings is 6. The van der Waals surface area contributed by atoms with E-state index in [-0.39, 0.29) is 0 Å². The van der Waals surface area contributed by atoms with Gasteiger partial charge in [0.25, 0.3) is 0 Å². The lowest BCUT2D eigenvalue weighted by atomic mass is 10.0. The number of hydrogen-bond acceptors (Lipinski definition) is 5. The zero-order valence-electron chi connectivity index (χ0n) is 23.7. The fraction of sp³-hybridized carbons (Fsp3) is 0. The average Bonchev–Trinajstić information content (AvgIpc) is 3.54. The van der Waals surface area contributed by atoms with E-state index in [1.807, 2.05) is 72.8 Å². The molecule has 5 heteroatoms. The molecule has 8 rings (SSSR count). The van der Waals surface area contributed by atoms with Crippen LogP contribution >= 0.6 is 0 Å². The van der Waals surface area contributed by atoms with Crippen molar-refractivity contribution in [1.29, 1.82) is 0 Å². The van der Waals surface area contributed by atoms with Gasteiger partial charge in [0.1, 0.15) is 5.52 Å². The summed E-state index contributed by atoms with van der Waals surface area (Å²) in [5.41, 5.74) is 11.1. The first-order chi connectivity index (χ1) is 21.8. The summed E-state index contributed by atoms with van der Waals surface area (Å²) in [5.74, 6) is 0.606. The third-order valence-electron chi connectivity index (χ3n) is 7.68. The molecular weight excluding hydrogens is 540 g/mol. The third kappa shape index (κ3) is 4.76. The molecule has 0 saturated carbocycles. The van der Waals surface area contributed by atoms with Gasteiger partial charge in [0.05, 0.1) is 22.4 Å². The van der Waals surface area contributed by atoms with Gasteiger partial charge in [0, 0.05) is 33.8 Å². The van der Waals surface area contributed by atoms with Gasteiger partial charge in [-0.3, -0.25) is 0 Å². The fourth-order valence-electron chi connectivity index (χ4n) is 5.56. The van der Waals surface area contributed by atoms with Crippen LogP contribution in [0.3, 0.4) is 0 Å². The summed E-state index contributed by atoms with van der Waals surface area (Å²) in [6.45, 7) is 0. The molecule has 0 atom stereocenters. The van der Waals surface area contributed by atoms with Crippen molar-refractivity contribution >= 4 is 39.2 Å². The van der Waals surface area contributed by atoms with Crippen molar-refractivity contribution in [2.75, 3.05) is 4.90 Å². The van der Waals surface area contributed by atoms with Crippen molar-refractivity contribution in [3.63, 3.8) is 0 Å². The first-order valence-corrected chi connectivity index (χ1v) is 14.5. The van der Waals surface area contributed by atoms with Crippen LogP contribution < -0.4 is 4.90 Å². The van der Waals surface area contributed by atoms with E-state index in [4.69, 9.17) is 14.4 Å². The molecule has 0 aliphatic rings. The smallest absolute Gasteiger partial charge is 0.227 e. The Morgan fingerprint density at radius 3 is 1.64 bits per heavy atom. The van der Waals surface area contributed by atoms with Crippen LogP contribution in [0.25, 0.3) is 56.1 Å². The molecule has 0 amide bonds. The van der Waals surface area contributed by atoms with Gasteiger partial charge >= 0.3 is 0 Å². The Hall–Kier alpha value is -6.07. The van der Waals surface area contributed by atoms with Gasteiger partial charge in [-0.05, 0) is 72.8 Å². The van der Waals surface area contributed by atoms with Crippen LogP contribution in [0.5, 0.6) is 0 Å². The maximum absolute atomic E-state index is 6.03. The van der Waals surface area contributed by atoms with Gasteiger partial charge in [0.2, 0.25) is 5.89 Å². The molecule has 0 unspecified atom stereocenters. The van der Waals surface area contributed by atoms with Gasteiger partial charge in [-0.2, -0.15) is 0 Å². The highest BCUT2D eigenvalue weighted by Crippen LogP contribution is 2.39. The van der Waals surface area contributed by atoms with Crippen molar-refractivity contribution < 1.29 is 4.42 Å². The molecule has 208 valence electrons. The molecule has 8 aromatic rings. The molecule has 2 heterocycles. The standard InChI is InChI=1S/C39H26N4O/c1-3-12-27(13-4-1)37-38(41-34-19-8-7-18-33(34)40-37)29-14-11-17-32(26-29)43(30-15-5-2-6-16-30)31-24-22-28(23-25-31)39-42-35-20-9-10-21-36(35)44-39/h1-26H. The molecule has 44 heavy (non-hydrogen) atoms. The molecule has 0 aliphatic carbocycles. The van der Waals surface area contributed by atoms with Crippen LogP contribution in [0.2, 0.25) is 0 Å². The third-order valence-corrected chi connectivity index (χ3v) is 7.68. The van der Waals surface area contributed by atoms with E-state index in [0.29, 0.717) is 5.89 Å². The van der Waals surface area contributed by atoms with Crippen LogP contribution in [-0.2, 0) is 0 Å². The van der Waals surface area contributed by atoms with Crippen molar-refractivity contribution in [1.82, 2.24) is 15.0 Å². The molecule has 0 N–H and O–H groups in total. The number of hydrogen-bond donors (Lipinski definition) is 0. The lowest BCUT2D eigenvalue weighted by Gasteiger charge is -2.26. The summed E-state index contributed by atoms with van der Waals surface area (Å²) in [4.78, 5) is 17.1. The Kier molecular flexibility index (Phi) is 6.39. The van der Waals surface area contributed by atoms with Crippen LogP contribution in [0.1, 0.15) is 0 Å². The number of anilines is 3. The zero-order valence-corrected chi connectivity index (χ0v) is 23.7. The summed E-state index contributed by atoms with van der Waals surface area (Å²) in [6.07, 6.45) is 0. The monoisotopic (exact) mass is 566 g/mol. The Morgan fingerprint density at radius 2 is 0.932 bits per heavy atom. The topological polar surface area (TPSA) is 55.1 Å². The van der Waals surface area contributed by atoms with E-state index in [9.17, 15) is 0 Å². The summed E-state index contributed by atoms with van der Waals surface area (Å²) >= 11 is 0. The first-order valence-electron chi connectivity index (χ1n) is 14.5. The van der Waals surface area contributed by atoms with Crippen LogP contribution in [0, 0.1) is 0 Å². The molecule has 0 spiro atoms. The Balaban J connectivity index is 1.24. The highest BCUT2D eigenvalue weighted by Gasteiger charge is 2.18. The van der Waals surface area contributed by atoms with Gasteiger partial charge < -0.3 is 9.32 Å². The predicted molar refractivity (Wildman–Crippen MR) is 178 cm³/mol. The minimum absolute atomic E-state index is 0.606. The highest BCUT2D eigenvalue weighted by molar-refractivity contribution is 5.88. The second-order valence-corrected chi connectivity index (χ2v) is 10.5. The number of fused-ring (bicyclic) bond motifs is 2. The van der Waals surface area contributed by atoms with Gasteiger partial charge in [0.15, 0.2) is 5.58 Å². The lowest BCUT2D eigenvalue weighted by Crippen LogP contribution is -2.10. The van der Waals surface area contributed by atoms with E-state index in [1.165, 1.54) is 0 Å². The fourth-order valence-corrected chi connectivity index (χ4v) is 5.56. The second kappa shape index (κ2) is 11.0. The average molecular weight is 567 g/mol. The molecule has 0 aliphatic heterocycles. The maximum atomic E-state index is 6.03. The van der Waals surface area contributed by atoms with Gasteiger partial charge in [-0.25, -0.2) is 15.0 Å². The second-order valence-electron chi connectivity index (χ2n) is 10.5. The molecule has 0 fully saturated rings. The van der Waals surface area contributed by atoms with E-state index < -0.39 is 0 Å². The minimum Gasteiger partial charge on any atom is -0.436 e. The lowest BCUT2D eigenvalue weighted by molar-refractivity contribution is 0.620. The van der Waals surface area contributed by atoms with E-state index in [0.717, 1.165) is 67.3 Å². The largest absolute Gasteiger partial charge is 0.436 e. The quantitative estimate of drug-likeness (QED) is 0.200. The SMILES string of the molecule is c1ccc(-c2nc3ccccc3nc2-c2cccc(N(c3ccccc3)c3ccc(-c4nc5ccccc5o4)cc3)c2)cc1. The van der Waals surface area contributed by atoms with Gasteiger partial charge in [-0.1, -0.05) is 84.9 Å². The number of rotatable bonds is 6. The normalized spacial score (nSPS) is 11.2. The molecule has 0 radical (unpaired) electrons. The molecular formula is C39H26N4O. The summed E-state index contributed by atoms with van der Waals surface area (Å²) in [7, 11) is 0. The number of nitrogens with zero attached hydrogens (tertiary/aromatic N) is 4. The van der Waals surface area contributed by atoms with Gasteiger partial charge in [-0.15, -0.1) is 0 Å². The summed E-state index contributed by atoms with van der Waals surface area (Å²) in [6, 6.07) is 53.3. The van der Waals surface area contributed by atoms with Crippen molar-refractivity contribution in [3.8, 4) is 34.0 Å². The number of aromatic nitrogens is 3. The molecule has 0 saturated heterocycles. The first kappa shape index (κ1) is 25.6. The molecule has 2 aromatic heterocycles. The summed E-state index contributed by atoms with van der Waals surface area (Å²) < 4.78 is 6.03. The Morgan fingerprint density at radius 1 is 0.386 bits per heavy atom. The van der Waals surface area contributed by atoms with E-state index in [1.54, 1.807) is 0 Å². The number of para-hydroxylation sites is 5. The maximum Gasteiger partial charge on any atom is 0.227 e. The van der Waals surface area contributed by atoms with Crippen molar-refractivity contribution in [2.24, 2.45) is 0 Å². The summed E-state index contributed by atoms with van der Waals surface area (Å²) in [5, 5.41) is 0. The van der Waals surface area contributed by atoms with Crippen LogP contribution in [-0.4, -0.2) is 15.0 Å². The van der Waals surface area contributed by atoms with E-state index in [2.05, 4.69) is 94.8 Å². The molecule has 0 bridgehead atoms. The zero-order chi connectivity index (χ0) is 29.3. The Bertz CT molecular complexity index is 2190. The van der Waals surface area contributed by atoms with Crippen LogP contribution in [0.4, 0.5) is 17.1 Å².